The minimum Gasteiger partial charge on any atom is -0.348 e. The van der Waals surface area contributed by atoms with E-state index in [0.717, 1.165) is 36.8 Å². The molecule has 0 aromatic heterocycles. The van der Waals surface area contributed by atoms with E-state index in [1.807, 2.05) is 18.2 Å². The predicted octanol–water partition coefficient (Wildman–Crippen LogP) is 5.27. The summed E-state index contributed by atoms with van der Waals surface area (Å²) in [5, 5.41) is 16.5. The lowest BCUT2D eigenvalue weighted by atomic mass is 10.1. The van der Waals surface area contributed by atoms with Gasteiger partial charge in [0.25, 0.3) is 17.5 Å². The quantitative estimate of drug-likeness (QED) is 0.295. The molecule has 2 N–H and O–H groups in total. The van der Waals surface area contributed by atoms with Gasteiger partial charge in [-0.3, -0.25) is 24.6 Å². The van der Waals surface area contributed by atoms with Gasteiger partial charge >= 0.3 is 0 Å². The molecule has 0 heterocycles. The molecule has 3 rings (SSSR count). The maximum atomic E-state index is 13.0. The monoisotopic (exact) mass is 494 g/mol. The van der Waals surface area contributed by atoms with Gasteiger partial charge in [-0.15, -0.1) is 0 Å². The number of carbonyl (C=O) groups is 2. The molecule has 8 nitrogen and oxygen atoms in total. The lowest BCUT2D eigenvalue weighted by Crippen LogP contribution is -2.27. The number of hydrogen-bond acceptors (Lipinski definition) is 5. The fourth-order valence-electron chi connectivity index (χ4n) is 3.62. The van der Waals surface area contributed by atoms with Crippen molar-refractivity contribution in [2.75, 3.05) is 18.4 Å². The summed E-state index contributed by atoms with van der Waals surface area (Å²) in [6.07, 6.45) is 0. The maximum Gasteiger partial charge on any atom is 0.270 e. The molecule has 0 unspecified atom stereocenters. The summed E-state index contributed by atoms with van der Waals surface area (Å²) >= 11 is 6.08. The molecule has 0 aliphatic heterocycles. The van der Waals surface area contributed by atoms with Gasteiger partial charge in [0.1, 0.15) is 0 Å². The fraction of sp³-hybridized carbons (Fsp3) is 0.231. The molecular formula is C26H27ClN4O4. The molecule has 0 fully saturated rings. The van der Waals surface area contributed by atoms with Gasteiger partial charge in [0.15, 0.2) is 0 Å². The number of nitro groups is 1. The highest BCUT2D eigenvalue weighted by atomic mass is 35.5. The van der Waals surface area contributed by atoms with E-state index in [1.54, 1.807) is 24.3 Å². The van der Waals surface area contributed by atoms with Gasteiger partial charge in [-0.05, 0) is 42.4 Å². The second kappa shape index (κ2) is 12.1. The first-order valence-corrected chi connectivity index (χ1v) is 11.6. The molecule has 0 aliphatic carbocycles. The molecule has 2 amide bonds. The van der Waals surface area contributed by atoms with Crippen LogP contribution in [0.2, 0.25) is 5.02 Å². The second-order valence-corrected chi connectivity index (χ2v) is 8.24. The van der Waals surface area contributed by atoms with E-state index < -0.39 is 10.8 Å². The van der Waals surface area contributed by atoms with Gasteiger partial charge in [-0.2, -0.15) is 0 Å². The summed E-state index contributed by atoms with van der Waals surface area (Å²) in [4.78, 5) is 38.4. The molecule has 35 heavy (non-hydrogen) atoms. The largest absolute Gasteiger partial charge is 0.348 e. The number of benzene rings is 3. The van der Waals surface area contributed by atoms with E-state index in [-0.39, 0.29) is 22.2 Å². The summed E-state index contributed by atoms with van der Waals surface area (Å²) in [7, 11) is 0. The molecule has 9 heteroatoms. The molecule has 0 saturated heterocycles. The van der Waals surface area contributed by atoms with Crippen LogP contribution in [0.25, 0.3) is 0 Å². The smallest absolute Gasteiger partial charge is 0.270 e. The highest BCUT2D eigenvalue weighted by Crippen LogP contribution is 2.24. The zero-order valence-electron chi connectivity index (χ0n) is 19.6. The average Bonchev–Trinajstić information content (AvgIpc) is 2.86. The van der Waals surface area contributed by atoms with E-state index in [4.69, 9.17) is 11.6 Å². The number of carbonyl (C=O) groups excluding carboxylic acids is 2. The fourth-order valence-corrected chi connectivity index (χ4v) is 3.89. The van der Waals surface area contributed by atoms with E-state index in [1.165, 1.54) is 12.1 Å². The van der Waals surface area contributed by atoms with Crippen LogP contribution in [0.15, 0.2) is 66.7 Å². The molecule has 0 spiro atoms. The third kappa shape index (κ3) is 6.65. The van der Waals surface area contributed by atoms with Crippen LogP contribution in [-0.4, -0.2) is 34.7 Å². The highest BCUT2D eigenvalue weighted by molar-refractivity contribution is 6.34. The number of anilines is 1. The van der Waals surface area contributed by atoms with E-state index >= 15 is 0 Å². The van der Waals surface area contributed by atoms with Crippen molar-refractivity contribution in [3.63, 3.8) is 0 Å². The Morgan fingerprint density at radius 1 is 0.914 bits per heavy atom. The zero-order chi connectivity index (χ0) is 25.4. The van der Waals surface area contributed by atoms with Crippen LogP contribution in [0.1, 0.15) is 45.7 Å². The van der Waals surface area contributed by atoms with Crippen molar-refractivity contribution in [3.8, 4) is 0 Å². The summed E-state index contributed by atoms with van der Waals surface area (Å²) < 4.78 is 0. The average molecular weight is 495 g/mol. The number of hydrogen-bond donors (Lipinski definition) is 2. The lowest BCUT2D eigenvalue weighted by Gasteiger charge is -2.20. The summed E-state index contributed by atoms with van der Waals surface area (Å²) in [6.45, 7) is 7.23. The molecule has 0 aliphatic rings. The Labute approximate surface area is 209 Å². The van der Waals surface area contributed by atoms with Crippen molar-refractivity contribution in [2.45, 2.75) is 26.9 Å². The predicted molar refractivity (Wildman–Crippen MR) is 137 cm³/mol. The summed E-state index contributed by atoms with van der Waals surface area (Å²) in [5.74, 6) is -0.914. The Hall–Kier alpha value is -3.75. The Balaban J connectivity index is 1.74. The van der Waals surface area contributed by atoms with Crippen LogP contribution < -0.4 is 10.6 Å². The summed E-state index contributed by atoms with van der Waals surface area (Å²) in [5.41, 5.74) is 2.61. The van der Waals surface area contributed by atoms with E-state index in [0.29, 0.717) is 17.8 Å². The minimum absolute atomic E-state index is 0.0524. The van der Waals surface area contributed by atoms with Crippen molar-refractivity contribution in [3.05, 3.63) is 104 Å². The van der Waals surface area contributed by atoms with Gasteiger partial charge in [0.2, 0.25) is 0 Å². The number of rotatable bonds is 10. The number of nitrogens with zero attached hydrogens (tertiary/aromatic N) is 2. The third-order valence-electron chi connectivity index (χ3n) is 5.67. The Bertz CT molecular complexity index is 1230. The van der Waals surface area contributed by atoms with Gasteiger partial charge < -0.3 is 10.6 Å². The molecule has 3 aromatic carbocycles. The van der Waals surface area contributed by atoms with Crippen LogP contribution in [0, 0.1) is 10.1 Å². The van der Waals surface area contributed by atoms with Gasteiger partial charge in [-0.1, -0.05) is 61.8 Å². The zero-order valence-corrected chi connectivity index (χ0v) is 20.3. The van der Waals surface area contributed by atoms with Crippen LogP contribution in [-0.2, 0) is 13.1 Å². The first-order chi connectivity index (χ1) is 16.8. The number of nitrogens with one attached hydrogen (secondary N) is 2. The van der Waals surface area contributed by atoms with E-state index in [9.17, 15) is 19.7 Å². The number of halogens is 1. The van der Waals surface area contributed by atoms with Crippen molar-refractivity contribution in [1.29, 1.82) is 0 Å². The Kier molecular flexibility index (Phi) is 8.94. The molecule has 3 aromatic rings. The van der Waals surface area contributed by atoms with E-state index in [2.05, 4.69) is 35.4 Å². The minimum atomic E-state index is -0.590. The van der Waals surface area contributed by atoms with Gasteiger partial charge in [-0.25, -0.2) is 0 Å². The topological polar surface area (TPSA) is 105 Å². The maximum absolute atomic E-state index is 13.0. The second-order valence-electron chi connectivity index (χ2n) is 7.83. The Morgan fingerprint density at radius 2 is 1.57 bits per heavy atom. The van der Waals surface area contributed by atoms with Crippen molar-refractivity contribution in [1.82, 2.24) is 10.2 Å². The SMILES string of the molecule is CCN(CC)Cc1ccccc1CNC(=O)c1ccccc1NC(=O)c1ccc([N+](=O)[O-])cc1Cl. The number of nitro benzene ring substituents is 1. The van der Waals surface area contributed by atoms with Gasteiger partial charge in [0.05, 0.1) is 26.8 Å². The van der Waals surface area contributed by atoms with Crippen molar-refractivity contribution >= 4 is 34.8 Å². The van der Waals surface area contributed by atoms with Crippen LogP contribution in [0.5, 0.6) is 0 Å². The van der Waals surface area contributed by atoms with Gasteiger partial charge in [0, 0.05) is 25.2 Å². The Morgan fingerprint density at radius 3 is 2.23 bits per heavy atom. The molecule has 0 saturated carbocycles. The standard InChI is InChI=1S/C26H27ClN4O4/c1-3-30(4-2)17-19-10-6-5-9-18(19)16-28-25(32)22-11-7-8-12-24(22)29-26(33)21-14-13-20(31(34)35)15-23(21)27/h5-15H,3-4,16-17H2,1-2H3,(H,28,32)(H,29,33). The van der Waals surface area contributed by atoms with Crippen LogP contribution in [0.4, 0.5) is 11.4 Å². The molecule has 0 radical (unpaired) electrons. The number of para-hydroxylation sites is 1. The normalized spacial score (nSPS) is 10.7. The van der Waals surface area contributed by atoms with Crippen LogP contribution >= 0.6 is 11.6 Å². The molecular weight excluding hydrogens is 468 g/mol. The highest BCUT2D eigenvalue weighted by Gasteiger charge is 2.18. The molecule has 0 bridgehead atoms. The third-order valence-corrected chi connectivity index (χ3v) is 5.99. The first kappa shape index (κ1) is 25.9. The number of amides is 2. The lowest BCUT2D eigenvalue weighted by molar-refractivity contribution is -0.384. The van der Waals surface area contributed by atoms with Crippen molar-refractivity contribution in [2.24, 2.45) is 0 Å². The first-order valence-electron chi connectivity index (χ1n) is 11.3. The molecule has 0 atom stereocenters. The summed E-state index contributed by atoms with van der Waals surface area (Å²) in [6, 6.07) is 18.2. The molecule has 182 valence electrons. The van der Waals surface area contributed by atoms with Crippen LogP contribution in [0.3, 0.4) is 0 Å². The van der Waals surface area contributed by atoms with Crippen molar-refractivity contribution < 1.29 is 14.5 Å². The number of non-ortho nitro benzene ring substituents is 1.